The molecule has 1 atom stereocenters. The van der Waals surface area contributed by atoms with Gasteiger partial charge in [-0.2, -0.15) is 0 Å². The van der Waals surface area contributed by atoms with Crippen LogP contribution in [0.25, 0.3) is 10.9 Å². The van der Waals surface area contributed by atoms with Crippen molar-refractivity contribution in [2.75, 3.05) is 7.11 Å². The molecule has 5 nitrogen and oxygen atoms in total. The summed E-state index contributed by atoms with van der Waals surface area (Å²) in [5.74, 6) is 0.341. The van der Waals surface area contributed by atoms with Crippen molar-refractivity contribution in [2.24, 2.45) is 0 Å². The highest BCUT2D eigenvalue weighted by Crippen LogP contribution is 2.30. The van der Waals surface area contributed by atoms with Crippen LogP contribution in [0.4, 0.5) is 4.39 Å². The van der Waals surface area contributed by atoms with Gasteiger partial charge in [0.1, 0.15) is 11.6 Å². The van der Waals surface area contributed by atoms with Crippen LogP contribution < -0.4 is 9.46 Å². The molecular formula is C20H21FN2O3S. The second-order valence-corrected chi connectivity index (χ2v) is 8.65. The molecule has 0 spiro atoms. The topological polar surface area (TPSA) is 71.2 Å². The number of ether oxygens (including phenoxy) is 1. The van der Waals surface area contributed by atoms with E-state index in [1.54, 1.807) is 38.3 Å². The molecule has 4 rings (SSSR count). The fraction of sp³-hybridized carbons (Fsp3) is 0.300. The lowest BCUT2D eigenvalue weighted by molar-refractivity contribution is 0.414. The van der Waals surface area contributed by atoms with Crippen molar-refractivity contribution in [3.05, 3.63) is 59.0 Å². The molecule has 0 saturated heterocycles. The number of fused-ring (bicyclic) bond motifs is 3. The monoisotopic (exact) mass is 388 g/mol. The van der Waals surface area contributed by atoms with Crippen molar-refractivity contribution in [3.63, 3.8) is 0 Å². The largest absolute Gasteiger partial charge is 0.497 e. The summed E-state index contributed by atoms with van der Waals surface area (Å²) in [6.07, 6.45) is 1.99. The molecule has 7 heteroatoms. The van der Waals surface area contributed by atoms with E-state index in [2.05, 4.69) is 9.71 Å². The maximum Gasteiger partial charge on any atom is 0.241 e. The lowest BCUT2D eigenvalue weighted by Gasteiger charge is -2.24. The Bertz CT molecular complexity index is 1120. The summed E-state index contributed by atoms with van der Waals surface area (Å²) in [7, 11) is -2.09. The summed E-state index contributed by atoms with van der Waals surface area (Å²) in [5, 5.41) is 0.955. The summed E-state index contributed by atoms with van der Waals surface area (Å²) in [6, 6.07) is 9.40. The van der Waals surface area contributed by atoms with Gasteiger partial charge in [-0.15, -0.1) is 0 Å². The summed E-state index contributed by atoms with van der Waals surface area (Å²) >= 11 is 0. The molecule has 1 heterocycles. The number of H-pyrrole nitrogens is 1. The van der Waals surface area contributed by atoms with E-state index in [9.17, 15) is 12.8 Å². The molecule has 0 saturated carbocycles. The molecule has 0 radical (unpaired) electrons. The van der Waals surface area contributed by atoms with Crippen LogP contribution in [0.2, 0.25) is 0 Å². The molecular weight excluding hydrogens is 367 g/mol. The molecule has 3 aromatic rings. The van der Waals surface area contributed by atoms with Gasteiger partial charge in [0.05, 0.1) is 12.0 Å². The van der Waals surface area contributed by atoms with Crippen molar-refractivity contribution in [2.45, 2.75) is 37.1 Å². The number of halogens is 1. The van der Waals surface area contributed by atoms with Crippen LogP contribution in [-0.2, 0) is 22.9 Å². The van der Waals surface area contributed by atoms with Gasteiger partial charge in [0.15, 0.2) is 0 Å². The quantitative estimate of drug-likeness (QED) is 0.719. The van der Waals surface area contributed by atoms with Crippen LogP contribution in [0, 0.1) is 12.7 Å². The van der Waals surface area contributed by atoms with Gasteiger partial charge in [-0.3, -0.25) is 0 Å². The van der Waals surface area contributed by atoms with Crippen LogP contribution in [-0.4, -0.2) is 26.6 Å². The standard InChI is InChI=1S/C20H21FN2O3S/c1-12-9-15(26-2)5-8-20(12)27(24,25)23-14-4-7-18-17(11-14)16-6-3-13(21)10-19(16)22-18/h3,5-6,8-10,14,22-23H,4,7,11H2,1-2H3. The van der Waals surface area contributed by atoms with E-state index in [1.807, 2.05) is 0 Å². The minimum absolute atomic E-state index is 0.201. The molecule has 0 aliphatic heterocycles. The highest BCUT2D eigenvalue weighted by atomic mass is 32.2. The third-order valence-electron chi connectivity index (χ3n) is 5.14. The Morgan fingerprint density at radius 1 is 1.22 bits per heavy atom. The first-order valence-electron chi connectivity index (χ1n) is 8.83. The molecule has 0 amide bonds. The number of benzene rings is 2. The number of rotatable bonds is 4. The molecule has 0 fully saturated rings. The van der Waals surface area contributed by atoms with Crippen LogP contribution in [0.1, 0.15) is 23.2 Å². The third kappa shape index (κ3) is 3.33. The number of aromatic amines is 1. The molecule has 1 unspecified atom stereocenters. The SMILES string of the molecule is COc1ccc(S(=O)(=O)NC2CCc3[nH]c4cc(F)ccc4c3C2)c(C)c1. The Labute approximate surface area is 157 Å². The summed E-state index contributed by atoms with van der Waals surface area (Å²) in [5.41, 5.74) is 3.53. The first kappa shape index (κ1) is 18.0. The van der Waals surface area contributed by atoms with Gasteiger partial charge in [0.2, 0.25) is 10.0 Å². The Kier molecular flexibility index (Phi) is 4.44. The van der Waals surface area contributed by atoms with Gasteiger partial charge in [-0.05, 0) is 73.7 Å². The lowest BCUT2D eigenvalue weighted by atomic mass is 9.92. The van der Waals surface area contributed by atoms with E-state index >= 15 is 0 Å². The lowest BCUT2D eigenvalue weighted by Crippen LogP contribution is -2.38. The molecule has 0 bridgehead atoms. The Hall–Kier alpha value is -2.38. The van der Waals surface area contributed by atoms with E-state index in [-0.39, 0.29) is 16.8 Å². The fourth-order valence-corrected chi connectivity index (χ4v) is 5.33. The van der Waals surface area contributed by atoms with Crippen molar-refractivity contribution >= 4 is 20.9 Å². The van der Waals surface area contributed by atoms with E-state index in [4.69, 9.17) is 4.74 Å². The van der Waals surface area contributed by atoms with E-state index in [1.165, 1.54) is 12.1 Å². The number of hydrogen-bond acceptors (Lipinski definition) is 3. The molecule has 1 aromatic heterocycles. The third-order valence-corrected chi connectivity index (χ3v) is 6.82. The van der Waals surface area contributed by atoms with Crippen LogP contribution in [0.3, 0.4) is 0 Å². The van der Waals surface area contributed by atoms with Gasteiger partial charge in [0, 0.05) is 22.6 Å². The zero-order valence-corrected chi connectivity index (χ0v) is 16.0. The predicted molar refractivity (Wildman–Crippen MR) is 102 cm³/mol. The molecule has 1 aliphatic rings. The number of sulfonamides is 1. The average Bonchev–Trinajstić information content (AvgIpc) is 2.97. The van der Waals surface area contributed by atoms with Crippen LogP contribution >= 0.6 is 0 Å². The van der Waals surface area contributed by atoms with E-state index < -0.39 is 10.0 Å². The maximum atomic E-state index is 13.5. The second-order valence-electron chi connectivity index (χ2n) is 6.96. The molecule has 1 aliphatic carbocycles. The summed E-state index contributed by atoms with van der Waals surface area (Å²) in [6.45, 7) is 1.75. The van der Waals surface area contributed by atoms with Crippen molar-refractivity contribution in [3.8, 4) is 5.75 Å². The number of methoxy groups -OCH3 is 1. The minimum atomic E-state index is -3.64. The number of hydrogen-bond donors (Lipinski definition) is 2. The highest BCUT2D eigenvalue weighted by Gasteiger charge is 2.27. The molecule has 2 N–H and O–H groups in total. The maximum absolute atomic E-state index is 13.5. The fourth-order valence-electron chi connectivity index (χ4n) is 3.83. The Morgan fingerprint density at radius 2 is 2.04 bits per heavy atom. The van der Waals surface area contributed by atoms with E-state index in [0.29, 0.717) is 24.2 Å². The van der Waals surface area contributed by atoms with Crippen molar-refractivity contribution in [1.29, 1.82) is 0 Å². The van der Waals surface area contributed by atoms with E-state index in [0.717, 1.165) is 28.6 Å². The zero-order valence-electron chi connectivity index (χ0n) is 15.2. The van der Waals surface area contributed by atoms with Crippen LogP contribution in [0.15, 0.2) is 41.3 Å². The van der Waals surface area contributed by atoms with Crippen molar-refractivity contribution in [1.82, 2.24) is 9.71 Å². The first-order chi connectivity index (χ1) is 12.9. The molecule has 27 heavy (non-hydrogen) atoms. The smallest absolute Gasteiger partial charge is 0.241 e. The van der Waals surface area contributed by atoms with Gasteiger partial charge in [0.25, 0.3) is 0 Å². The highest BCUT2D eigenvalue weighted by molar-refractivity contribution is 7.89. The molecule has 2 aromatic carbocycles. The number of nitrogens with one attached hydrogen (secondary N) is 2. The van der Waals surface area contributed by atoms with Crippen LogP contribution in [0.5, 0.6) is 5.75 Å². The summed E-state index contributed by atoms with van der Waals surface area (Å²) in [4.78, 5) is 3.52. The Balaban J connectivity index is 1.60. The van der Waals surface area contributed by atoms with Crippen molar-refractivity contribution < 1.29 is 17.5 Å². The van der Waals surface area contributed by atoms with Gasteiger partial charge >= 0.3 is 0 Å². The summed E-state index contributed by atoms with van der Waals surface area (Å²) < 4.78 is 47.2. The van der Waals surface area contributed by atoms with Gasteiger partial charge in [-0.1, -0.05) is 0 Å². The average molecular weight is 388 g/mol. The molecule has 142 valence electrons. The minimum Gasteiger partial charge on any atom is -0.497 e. The van der Waals surface area contributed by atoms with Gasteiger partial charge < -0.3 is 9.72 Å². The zero-order chi connectivity index (χ0) is 19.2. The normalized spacial score (nSPS) is 17.1. The first-order valence-corrected chi connectivity index (χ1v) is 10.3. The predicted octanol–water partition coefficient (Wildman–Crippen LogP) is 3.46. The van der Waals surface area contributed by atoms with Gasteiger partial charge in [-0.25, -0.2) is 17.5 Å². The number of aryl methyl sites for hydroxylation is 2. The second kappa shape index (κ2) is 6.65. The Morgan fingerprint density at radius 3 is 2.78 bits per heavy atom. The number of aromatic nitrogens is 1.